The summed E-state index contributed by atoms with van der Waals surface area (Å²) in [6.45, 7) is 14.7. The van der Waals surface area contributed by atoms with Crippen LogP contribution in [0.5, 0.6) is 0 Å². The first-order valence-corrected chi connectivity index (χ1v) is 25.5. The lowest BCUT2D eigenvalue weighted by atomic mass is 9.95. The highest BCUT2D eigenvalue weighted by Gasteiger charge is 2.24. The molecule has 0 fully saturated rings. The van der Waals surface area contributed by atoms with Crippen LogP contribution in [0.25, 0.3) is 78.5 Å². The van der Waals surface area contributed by atoms with E-state index in [0.29, 0.717) is 0 Å². The molecule has 0 spiro atoms. The van der Waals surface area contributed by atoms with Gasteiger partial charge in [-0.2, -0.15) is 0 Å². The summed E-state index contributed by atoms with van der Waals surface area (Å²) in [6, 6.07) is 82.7. The zero-order chi connectivity index (χ0) is 50.3. The number of hydrogen-bond donors (Lipinski definition) is 0. The summed E-state index contributed by atoms with van der Waals surface area (Å²) >= 11 is 0. The Morgan fingerprint density at radius 3 is 1.59 bits per heavy atom. The Labute approximate surface area is 430 Å². The molecule has 0 bridgehead atoms. The molecule has 73 heavy (non-hydrogen) atoms. The predicted octanol–water partition coefficient (Wildman–Crippen LogP) is 19.1. The number of para-hydroxylation sites is 4. The summed E-state index contributed by atoms with van der Waals surface area (Å²) in [6.07, 6.45) is 8.50. The quantitative estimate of drug-likeness (QED) is 0.106. The molecule has 0 aliphatic heterocycles. The van der Waals surface area contributed by atoms with Crippen LogP contribution >= 0.6 is 0 Å². The lowest BCUT2D eigenvalue weighted by Crippen LogP contribution is -2.24. The molecule has 0 saturated carbocycles. The highest BCUT2D eigenvalue weighted by atomic mass is 15.2. The average Bonchev–Trinajstić information content (AvgIpc) is 3.97. The number of rotatable bonds is 13. The molecular weight excluding hydrogens is 885 g/mol. The molecule has 11 rings (SSSR count). The van der Waals surface area contributed by atoms with E-state index in [9.17, 15) is 0 Å². The van der Waals surface area contributed by atoms with Crippen LogP contribution in [0, 0.1) is 0 Å². The Balaban J connectivity index is 0.00000302. The fourth-order valence-electron chi connectivity index (χ4n) is 10.2. The third kappa shape index (κ3) is 9.28. The van der Waals surface area contributed by atoms with Crippen molar-refractivity contribution in [1.29, 1.82) is 0 Å². The van der Waals surface area contributed by atoms with Crippen molar-refractivity contribution < 1.29 is 0 Å². The number of nitrogens with zero attached hydrogens (tertiary/aromatic N) is 4. The Morgan fingerprint density at radius 2 is 1.00 bits per heavy atom. The van der Waals surface area contributed by atoms with E-state index in [2.05, 4.69) is 290 Å². The highest BCUT2D eigenvalue weighted by molar-refractivity contribution is 6.16. The lowest BCUT2D eigenvalue weighted by molar-refractivity contribution is 0.819. The number of hydrogen-bond acceptors (Lipinski definition) is 2. The van der Waals surface area contributed by atoms with E-state index in [1.54, 1.807) is 0 Å². The Hall–Kier alpha value is -8.99. The molecule has 0 amide bonds. The number of allylic oxidation sites excluding steroid dienone is 3. The van der Waals surface area contributed by atoms with Gasteiger partial charge in [-0.1, -0.05) is 196 Å². The zero-order valence-corrected chi connectivity index (χ0v) is 42.3. The van der Waals surface area contributed by atoms with Crippen molar-refractivity contribution in [3.63, 3.8) is 0 Å². The standard InChI is InChI=1S/C67H54N4.C2H6/c1-5-25-63-58(6-2)60-40-38-50(45-65(60)70(63)55-32-19-11-20-33-55)52-42-53(51-39-41-61-59-36-23-24-37-64(59)71(66(61)46-51)56-34-21-12-22-35-56)44-57(43-52)69(54-30-17-10-18-31-54)62(7-3)67(49-28-15-9-16-29-49)68-47(4)48-26-13-8-14-27-48;1-2/h5-47H,2H2,1,3-4H3;1-2H3/b25-5-,62-7+,68-67?;. The number of aliphatic imine (C=N–C) groups is 1. The molecular formula is C69H60N4. The monoisotopic (exact) mass is 944 g/mol. The molecule has 0 aliphatic rings. The van der Waals surface area contributed by atoms with E-state index in [4.69, 9.17) is 4.99 Å². The van der Waals surface area contributed by atoms with Crippen LogP contribution < -0.4 is 4.90 Å². The largest absolute Gasteiger partial charge is 0.309 e. The maximum Gasteiger partial charge on any atom is 0.0891 e. The molecule has 0 N–H and O–H groups in total. The van der Waals surface area contributed by atoms with Gasteiger partial charge in [0.2, 0.25) is 0 Å². The van der Waals surface area contributed by atoms with Crippen LogP contribution in [-0.4, -0.2) is 14.8 Å². The van der Waals surface area contributed by atoms with E-state index in [-0.39, 0.29) is 6.04 Å². The lowest BCUT2D eigenvalue weighted by Gasteiger charge is -2.30. The molecule has 4 nitrogen and oxygen atoms in total. The number of anilines is 2. The van der Waals surface area contributed by atoms with Gasteiger partial charge >= 0.3 is 0 Å². The van der Waals surface area contributed by atoms with E-state index in [1.807, 2.05) is 19.9 Å². The molecule has 0 radical (unpaired) electrons. The predicted molar refractivity (Wildman–Crippen MR) is 315 cm³/mol. The third-order valence-electron chi connectivity index (χ3n) is 13.5. The van der Waals surface area contributed by atoms with E-state index in [1.165, 1.54) is 16.3 Å². The maximum absolute atomic E-state index is 5.61. The van der Waals surface area contributed by atoms with Crippen molar-refractivity contribution in [2.45, 2.75) is 40.7 Å². The summed E-state index contributed by atoms with van der Waals surface area (Å²) in [5.74, 6) is 0. The average molecular weight is 945 g/mol. The number of benzene rings is 9. The summed E-state index contributed by atoms with van der Waals surface area (Å²) in [5.41, 5.74) is 18.4. The minimum Gasteiger partial charge on any atom is -0.309 e. The molecule has 2 heterocycles. The van der Waals surface area contributed by atoms with Gasteiger partial charge in [0.05, 0.1) is 39.7 Å². The SMILES string of the molecule is C=Cc1c(/C=C\C)n(-c2ccccc2)c2cc(-c3cc(-c4ccc5c6ccccc6n(-c6ccccc6)c5c4)cc(N(/C(=C/C)C(=NC(C)c4ccccc4)c4ccccc4)c4ccccc4)c3)ccc12.CC. The summed E-state index contributed by atoms with van der Waals surface area (Å²) in [5, 5.41) is 3.59. The first-order chi connectivity index (χ1) is 36.0. The van der Waals surface area contributed by atoms with Crippen molar-refractivity contribution >= 4 is 61.9 Å². The van der Waals surface area contributed by atoms with E-state index >= 15 is 0 Å². The van der Waals surface area contributed by atoms with Crippen molar-refractivity contribution in [2.24, 2.45) is 4.99 Å². The van der Waals surface area contributed by atoms with E-state index in [0.717, 1.165) is 95.2 Å². The van der Waals surface area contributed by atoms with Gasteiger partial charge in [0.1, 0.15) is 0 Å². The van der Waals surface area contributed by atoms with Gasteiger partial charge in [0.25, 0.3) is 0 Å². The fourth-order valence-corrected chi connectivity index (χ4v) is 10.2. The van der Waals surface area contributed by atoms with Gasteiger partial charge in [0, 0.05) is 50.0 Å². The smallest absolute Gasteiger partial charge is 0.0891 e. The van der Waals surface area contributed by atoms with Crippen LogP contribution in [0.4, 0.5) is 11.4 Å². The second-order valence-electron chi connectivity index (χ2n) is 17.9. The van der Waals surface area contributed by atoms with Crippen molar-refractivity contribution in [2.75, 3.05) is 4.90 Å². The van der Waals surface area contributed by atoms with Crippen LogP contribution in [0.2, 0.25) is 0 Å². The molecule has 0 aliphatic carbocycles. The molecule has 0 saturated heterocycles. The van der Waals surface area contributed by atoms with Crippen LogP contribution in [0.1, 0.15) is 63.0 Å². The molecule has 2 aromatic heterocycles. The fraction of sp³-hybridized carbons (Fsp3) is 0.0870. The van der Waals surface area contributed by atoms with Crippen molar-refractivity contribution in [1.82, 2.24) is 9.13 Å². The summed E-state index contributed by atoms with van der Waals surface area (Å²) < 4.78 is 4.76. The van der Waals surface area contributed by atoms with Crippen LogP contribution in [-0.2, 0) is 0 Å². The first-order valence-electron chi connectivity index (χ1n) is 25.5. The second kappa shape index (κ2) is 21.6. The molecule has 11 aromatic rings. The van der Waals surface area contributed by atoms with Crippen LogP contribution in [0.3, 0.4) is 0 Å². The van der Waals surface area contributed by atoms with Gasteiger partial charge in [-0.25, -0.2) is 0 Å². The molecule has 1 atom stereocenters. The Kier molecular flexibility index (Phi) is 14.1. The Bertz CT molecular complexity index is 3780. The maximum atomic E-state index is 5.61. The van der Waals surface area contributed by atoms with Gasteiger partial charge in [-0.05, 0) is 127 Å². The topological polar surface area (TPSA) is 25.5 Å². The van der Waals surface area contributed by atoms with Crippen LogP contribution in [0.15, 0.2) is 260 Å². The second-order valence-corrected chi connectivity index (χ2v) is 17.9. The number of fused-ring (bicyclic) bond motifs is 4. The molecule has 4 heteroatoms. The highest BCUT2D eigenvalue weighted by Crippen LogP contribution is 2.42. The zero-order valence-electron chi connectivity index (χ0n) is 42.3. The van der Waals surface area contributed by atoms with Gasteiger partial charge in [0.15, 0.2) is 0 Å². The minimum atomic E-state index is -0.107. The Morgan fingerprint density at radius 1 is 0.493 bits per heavy atom. The van der Waals surface area contributed by atoms with E-state index < -0.39 is 0 Å². The van der Waals surface area contributed by atoms with Gasteiger partial charge in [-0.15, -0.1) is 0 Å². The normalized spacial score (nSPS) is 12.3. The minimum absolute atomic E-state index is 0.107. The molecule has 1 unspecified atom stereocenters. The molecule has 356 valence electrons. The third-order valence-corrected chi connectivity index (χ3v) is 13.5. The number of aromatic nitrogens is 2. The van der Waals surface area contributed by atoms with Gasteiger partial charge < -0.3 is 14.0 Å². The first kappa shape index (κ1) is 47.7. The summed E-state index contributed by atoms with van der Waals surface area (Å²) in [4.78, 5) is 8.00. The van der Waals surface area contributed by atoms with Crippen molar-refractivity contribution in [3.05, 3.63) is 277 Å². The summed E-state index contributed by atoms with van der Waals surface area (Å²) in [7, 11) is 0. The van der Waals surface area contributed by atoms with Crippen molar-refractivity contribution in [3.8, 4) is 33.6 Å². The van der Waals surface area contributed by atoms with Gasteiger partial charge in [-0.3, -0.25) is 4.99 Å². The molecule has 9 aromatic carbocycles.